The Balaban J connectivity index is 1.76. The molecule has 0 N–H and O–H groups in total. The molecule has 2 aliphatic rings. The first-order valence-electron chi connectivity index (χ1n) is 6.49. The van der Waals surface area contributed by atoms with Crippen molar-refractivity contribution < 1.29 is 4.74 Å². The summed E-state index contributed by atoms with van der Waals surface area (Å²) in [6, 6.07) is 4.54. The van der Waals surface area contributed by atoms with Gasteiger partial charge in [-0.25, -0.2) is 0 Å². The van der Waals surface area contributed by atoms with Gasteiger partial charge in [0.05, 0.1) is 11.1 Å². The predicted molar refractivity (Wildman–Crippen MR) is 72.5 cm³/mol. The number of ether oxygens (including phenoxy) is 1. The highest BCUT2D eigenvalue weighted by Gasteiger charge is 2.18. The van der Waals surface area contributed by atoms with Crippen LogP contribution in [0.4, 0.5) is 0 Å². The number of benzene rings is 1. The number of likely N-dealkylation sites (tertiary alicyclic amines) is 1. The lowest BCUT2D eigenvalue weighted by atomic mass is 10.1. The molecule has 3 heteroatoms. The second-order valence-electron chi connectivity index (χ2n) is 5.00. The largest absolute Gasteiger partial charge is 0.492 e. The van der Waals surface area contributed by atoms with E-state index in [4.69, 9.17) is 4.74 Å². The molecule has 17 heavy (non-hydrogen) atoms. The normalized spacial score (nSPS) is 20.1. The zero-order chi connectivity index (χ0) is 11.7. The maximum atomic E-state index is 5.61. The molecule has 3 rings (SSSR count). The molecule has 0 amide bonds. The Morgan fingerprint density at radius 2 is 2.00 bits per heavy atom. The van der Waals surface area contributed by atoms with Crippen LogP contribution in [-0.2, 0) is 13.0 Å². The van der Waals surface area contributed by atoms with Crippen LogP contribution in [0.2, 0.25) is 0 Å². The second-order valence-corrected chi connectivity index (χ2v) is 5.86. The smallest absolute Gasteiger partial charge is 0.136 e. The van der Waals surface area contributed by atoms with E-state index in [9.17, 15) is 0 Å². The quantitative estimate of drug-likeness (QED) is 0.829. The Kier molecular flexibility index (Phi) is 3.39. The van der Waals surface area contributed by atoms with Gasteiger partial charge in [-0.3, -0.25) is 4.90 Å². The molecule has 1 aromatic rings. The van der Waals surface area contributed by atoms with Gasteiger partial charge in [-0.15, -0.1) is 0 Å². The van der Waals surface area contributed by atoms with Gasteiger partial charge < -0.3 is 4.74 Å². The number of fused-ring (bicyclic) bond motifs is 1. The number of piperidine rings is 1. The van der Waals surface area contributed by atoms with E-state index in [0.717, 1.165) is 29.8 Å². The number of hydrogen-bond acceptors (Lipinski definition) is 2. The molecule has 0 aliphatic carbocycles. The molecule has 0 aromatic heterocycles. The van der Waals surface area contributed by atoms with E-state index in [0.29, 0.717) is 0 Å². The van der Waals surface area contributed by atoms with E-state index in [-0.39, 0.29) is 0 Å². The fourth-order valence-corrected chi connectivity index (χ4v) is 3.45. The highest BCUT2D eigenvalue weighted by Crippen LogP contribution is 2.35. The third kappa shape index (κ3) is 2.50. The van der Waals surface area contributed by atoms with E-state index >= 15 is 0 Å². The highest BCUT2D eigenvalue weighted by atomic mass is 79.9. The fraction of sp³-hybridized carbons (Fsp3) is 0.571. The van der Waals surface area contributed by atoms with Crippen LogP contribution in [0.15, 0.2) is 16.6 Å². The first kappa shape index (κ1) is 11.5. The summed E-state index contributed by atoms with van der Waals surface area (Å²) in [5, 5.41) is 0. The third-order valence-electron chi connectivity index (χ3n) is 3.65. The fourth-order valence-electron chi connectivity index (χ4n) is 2.79. The Morgan fingerprint density at radius 3 is 2.82 bits per heavy atom. The minimum absolute atomic E-state index is 0.834. The van der Waals surface area contributed by atoms with Crippen molar-refractivity contribution in [3.63, 3.8) is 0 Å². The van der Waals surface area contributed by atoms with E-state index < -0.39 is 0 Å². The van der Waals surface area contributed by atoms with Crippen LogP contribution >= 0.6 is 15.9 Å². The average Bonchev–Trinajstić information content (AvgIpc) is 2.79. The van der Waals surface area contributed by atoms with Gasteiger partial charge in [-0.2, -0.15) is 0 Å². The van der Waals surface area contributed by atoms with Gasteiger partial charge in [-0.1, -0.05) is 12.5 Å². The molecule has 0 unspecified atom stereocenters. The summed E-state index contributed by atoms with van der Waals surface area (Å²) in [5.74, 6) is 1.06. The zero-order valence-electron chi connectivity index (χ0n) is 10.0. The summed E-state index contributed by atoms with van der Waals surface area (Å²) >= 11 is 3.62. The van der Waals surface area contributed by atoms with Crippen molar-refractivity contribution in [2.45, 2.75) is 32.2 Å². The van der Waals surface area contributed by atoms with E-state index in [2.05, 4.69) is 33.0 Å². The number of hydrogen-bond donors (Lipinski definition) is 0. The standard InChI is InChI=1S/C14H18BrNO/c15-13-9-11(8-12-4-7-17-14(12)13)10-16-5-2-1-3-6-16/h8-9H,1-7,10H2. The molecule has 1 fully saturated rings. The summed E-state index contributed by atoms with van der Waals surface area (Å²) in [6.07, 6.45) is 5.17. The number of halogens is 1. The summed E-state index contributed by atoms with van der Waals surface area (Å²) in [5.41, 5.74) is 2.79. The summed E-state index contributed by atoms with van der Waals surface area (Å²) < 4.78 is 6.74. The molecule has 2 nitrogen and oxygen atoms in total. The van der Waals surface area contributed by atoms with Crippen molar-refractivity contribution >= 4 is 15.9 Å². The van der Waals surface area contributed by atoms with E-state index in [1.807, 2.05) is 0 Å². The first-order chi connectivity index (χ1) is 8.33. The monoisotopic (exact) mass is 295 g/mol. The van der Waals surface area contributed by atoms with Crippen molar-refractivity contribution in [1.82, 2.24) is 4.90 Å². The van der Waals surface area contributed by atoms with Crippen LogP contribution in [0.1, 0.15) is 30.4 Å². The van der Waals surface area contributed by atoms with Crippen molar-refractivity contribution in [3.05, 3.63) is 27.7 Å². The van der Waals surface area contributed by atoms with Crippen LogP contribution in [0, 0.1) is 0 Å². The maximum absolute atomic E-state index is 5.61. The minimum Gasteiger partial charge on any atom is -0.492 e. The zero-order valence-corrected chi connectivity index (χ0v) is 11.6. The van der Waals surface area contributed by atoms with Gasteiger partial charge in [0.25, 0.3) is 0 Å². The molecule has 1 aromatic carbocycles. The van der Waals surface area contributed by atoms with Crippen molar-refractivity contribution in [3.8, 4) is 5.75 Å². The van der Waals surface area contributed by atoms with Gasteiger partial charge in [-0.05, 0) is 59.1 Å². The highest BCUT2D eigenvalue weighted by molar-refractivity contribution is 9.10. The molecule has 92 valence electrons. The molecule has 1 saturated heterocycles. The lowest BCUT2D eigenvalue weighted by molar-refractivity contribution is 0.221. The van der Waals surface area contributed by atoms with Crippen LogP contribution in [0.25, 0.3) is 0 Å². The van der Waals surface area contributed by atoms with Gasteiger partial charge in [0.1, 0.15) is 5.75 Å². The molecular weight excluding hydrogens is 278 g/mol. The van der Waals surface area contributed by atoms with Crippen LogP contribution in [0.3, 0.4) is 0 Å². The Morgan fingerprint density at radius 1 is 1.18 bits per heavy atom. The predicted octanol–water partition coefficient (Wildman–Crippen LogP) is 3.37. The molecule has 0 spiro atoms. The molecule has 0 bridgehead atoms. The van der Waals surface area contributed by atoms with Crippen LogP contribution < -0.4 is 4.74 Å². The van der Waals surface area contributed by atoms with Crippen LogP contribution in [-0.4, -0.2) is 24.6 Å². The SMILES string of the molecule is Brc1cc(CN2CCCCC2)cc2c1OCC2. The molecule has 0 atom stereocenters. The lowest BCUT2D eigenvalue weighted by Crippen LogP contribution is -2.29. The Bertz CT molecular complexity index is 413. The molecule has 2 heterocycles. The van der Waals surface area contributed by atoms with Gasteiger partial charge in [0.2, 0.25) is 0 Å². The van der Waals surface area contributed by atoms with Gasteiger partial charge >= 0.3 is 0 Å². The summed E-state index contributed by atoms with van der Waals surface area (Å²) in [7, 11) is 0. The van der Waals surface area contributed by atoms with Crippen LogP contribution in [0.5, 0.6) is 5.75 Å². The molecule has 0 saturated carbocycles. The van der Waals surface area contributed by atoms with Crippen molar-refractivity contribution in [2.24, 2.45) is 0 Å². The van der Waals surface area contributed by atoms with E-state index in [1.54, 1.807) is 0 Å². The Hall–Kier alpha value is -0.540. The molecular formula is C14H18BrNO. The molecule has 0 radical (unpaired) electrons. The topological polar surface area (TPSA) is 12.5 Å². The maximum Gasteiger partial charge on any atom is 0.136 e. The average molecular weight is 296 g/mol. The number of nitrogens with zero attached hydrogens (tertiary/aromatic N) is 1. The first-order valence-corrected chi connectivity index (χ1v) is 7.29. The van der Waals surface area contributed by atoms with Gasteiger partial charge in [0.15, 0.2) is 0 Å². The summed E-state index contributed by atoms with van der Waals surface area (Å²) in [4.78, 5) is 2.56. The van der Waals surface area contributed by atoms with E-state index in [1.165, 1.54) is 43.5 Å². The van der Waals surface area contributed by atoms with Crippen molar-refractivity contribution in [1.29, 1.82) is 0 Å². The lowest BCUT2D eigenvalue weighted by Gasteiger charge is -2.26. The molecule has 2 aliphatic heterocycles. The van der Waals surface area contributed by atoms with Crippen molar-refractivity contribution in [2.75, 3.05) is 19.7 Å². The third-order valence-corrected chi connectivity index (χ3v) is 4.24. The second kappa shape index (κ2) is 4.99. The summed E-state index contributed by atoms with van der Waals surface area (Å²) in [6.45, 7) is 4.43. The minimum atomic E-state index is 0.834. The van der Waals surface area contributed by atoms with Gasteiger partial charge in [0, 0.05) is 13.0 Å². The number of rotatable bonds is 2. The Labute approximate surface area is 111 Å².